The highest BCUT2D eigenvalue weighted by Gasteiger charge is 2.30. The van der Waals surface area contributed by atoms with Crippen LogP contribution in [0.5, 0.6) is 5.75 Å². The van der Waals surface area contributed by atoms with Gasteiger partial charge < -0.3 is 24.5 Å². The fraction of sp³-hybridized carbons (Fsp3) is 0.240. The smallest absolute Gasteiger partial charge is 0.308 e. The minimum Gasteiger partial charge on any atom is -0.483 e. The first kappa shape index (κ1) is 22.1. The molecule has 0 radical (unpaired) electrons. The van der Waals surface area contributed by atoms with Crippen molar-refractivity contribution in [2.24, 2.45) is 5.92 Å². The van der Waals surface area contributed by atoms with Gasteiger partial charge in [-0.3, -0.25) is 14.4 Å². The van der Waals surface area contributed by atoms with Gasteiger partial charge in [-0.05, 0) is 36.8 Å². The van der Waals surface area contributed by atoms with Crippen molar-refractivity contribution in [1.82, 2.24) is 10.2 Å². The summed E-state index contributed by atoms with van der Waals surface area (Å²) in [5.41, 5.74) is 2.13. The summed E-state index contributed by atoms with van der Waals surface area (Å²) in [5, 5.41) is 12.0. The molecule has 1 fully saturated rings. The zero-order valence-corrected chi connectivity index (χ0v) is 17.9. The number of amides is 2. The van der Waals surface area contributed by atoms with Crippen LogP contribution in [-0.4, -0.2) is 47.5 Å². The molecule has 8 heteroatoms. The Bertz CT molecular complexity index is 1120. The van der Waals surface area contributed by atoms with Gasteiger partial charge in [-0.2, -0.15) is 0 Å². The quantitative estimate of drug-likeness (QED) is 0.548. The molecule has 2 amide bonds. The van der Waals surface area contributed by atoms with Crippen LogP contribution in [0, 0.1) is 5.92 Å². The lowest BCUT2D eigenvalue weighted by Gasteiger charge is -2.17. The SMILES string of the molecule is O=C(NCc1ccccc1OCC(=O)N1CCC(C(=O)O)C1)c1ccc(-c2ccco2)cc1. The van der Waals surface area contributed by atoms with E-state index in [1.165, 1.54) is 4.90 Å². The van der Waals surface area contributed by atoms with Crippen molar-refractivity contribution in [3.63, 3.8) is 0 Å². The van der Waals surface area contributed by atoms with E-state index in [4.69, 9.17) is 14.3 Å². The highest BCUT2D eigenvalue weighted by molar-refractivity contribution is 5.94. The molecular weight excluding hydrogens is 424 g/mol. The molecule has 1 aliphatic heterocycles. The van der Waals surface area contributed by atoms with E-state index in [1.807, 2.05) is 30.3 Å². The number of hydrogen-bond acceptors (Lipinski definition) is 5. The Morgan fingerprint density at radius 2 is 1.85 bits per heavy atom. The van der Waals surface area contributed by atoms with Gasteiger partial charge in [-0.1, -0.05) is 30.3 Å². The Morgan fingerprint density at radius 1 is 1.06 bits per heavy atom. The number of hydrogen-bond donors (Lipinski definition) is 2. The van der Waals surface area contributed by atoms with Gasteiger partial charge in [0.1, 0.15) is 11.5 Å². The van der Waals surface area contributed by atoms with Gasteiger partial charge in [0, 0.05) is 36.3 Å². The summed E-state index contributed by atoms with van der Waals surface area (Å²) in [7, 11) is 0. The molecule has 1 aliphatic rings. The van der Waals surface area contributed by atoms with Gasteiger partial charge in [0.25, 0.3) is 11.8 Å². The maximum absolute atomic E-state index is 12.6. The third-order valence-electron chi connectivity index (χ3n) is 5.61. The Kier molecular flexibility index (Phi) is 6.73. The fourth-order valence-corrected chi connectivity index (χ4v) is 3.72. The van der Waals surface area contributed by atoms with Crippen LogP contribution in [0.3, 0.4) is 0 Å². The Morgan fingerprint density at radius 3 is 2.55 bits per heavy atom. The van der Waals surface area contributed by atoms with Gasteiger partial charge in [0.15, 0.2) is 6.61 Å². The molecule has 0 saturated carbocycles. The van der Waals surface area contributed by atoms with Crippen molar-refractivity contribution < 1.29 is 28.6 Å². The predicted octanol–water partition coefficient (Wildman–Crippen LogP) is 3.19. The molecule has 2 aromatic carbocycles. The topological polar surface area (TPSA) is 109 Å². The van der Waals surface area contributed by atoms with E-state index in [2.05, 4.69) is 5.32 Å². The van der Waals surface area contributed by atoms with Crippen LogP contribution in [0.4, 0.5) is 0 Å². The van der Waals surface area contributed by atoms with Crippen molar-refractivity contribution in [2.75, 3.05) is 19.7 Å². The molecule has 0 spiro atoms. The molecule has 33 heavy (non-hydrogen) atoms. The summed E-state index contributed by atoms with van der Waals surface area (Å²) in [6.45, 7) is 0.656. The third-order valence-corrected chi connectivity index (χ3v) is 5.61. The zero-order chi connectivity index (χ0) is 23.2. The van der Waals surface area contributed by atoms with Gasteiger partial charge in [0.05, 0.1) is 12.2 Å². The number of benzene rings is 2. The molecule has 0 aliphatic carbocycles. The Labute approximate surface area is 190 Å². The number of carboxylic acid groups (broad SMARTS) is 1. The second kappa shape index (κ2) is 10.0. The predicted molar refractivity (Wildman–Crippen MR) is 120 cm³/mol. The van der Waals surface area contributed by atoms with Crippen molar-refractivity contribution >= 4 is 17.8 Å². The van der Waals surface area contributed by atoms with E-state index in [9.17, 15) is 14.4 Å². The molecule has 170 valence electrons. The molecule has 1 unspecified atom stereocenters. The van der Waals surface area contributed by atoms with Crippen molar-refractivity contribution in [1.29, 1.82) is 0 Å². The van der Waals surface area contributed by atoms with Crippen LogP contribution in [0.1, 0.15) is 22.3 Å². The van der Waals surface area contributed by atoms with Crippen LogP contribution in [0.2, 0.25) is 0 Å². The maximum Gasteiger partial charge on any atom is 0.308 e. The van der Waals surface area contributed by atoms with Gasteiger partial charge in [-0.25, -0.2) is 0 Å². The van der Waals surface area contributed by atoms with Crippen molar-refractivity contribution in [2.45, 2.75) is 13.0 Å². The van der Waals surface area contributed by atoms with E-state index in [0.29, 0.717) is 24.3 Å². The number of likely N-dealkylation sites (tertiary alicyclic amines) is 1. The van der Waals surface area contributed by atoms with Crippen LogP contribution in [-0.2, 0) is 16.1 Å². The molecular formula is C25H24N2O6. The number of carbonyl (C=O) groups excluding carboxylic acids is 2. The first-order valence-electron chi connectivity index (χ1n) is 10.6. The Hall–Kier alpha value is -4.07. The van der Waals surface area contributed by atoms with E-state index >= 15 is 0 Å². The van der Waals surface area contributed by atoms with E-state index in [0.717, 1.165) is 16.9 Å². The van der Waals surface area contributed by atoms with Crippen molar-refractivity contribution in [3.8, 4) is 17.1 Å². The maximum atomic E-state index is 12.6. The average Bonchev–Trinajstić information content (AvgIpc) is 3.54. The van der Waals surface area contributed by atoms with Crippen molar-refractivity contribution in [3.05, 3.63) is 78.1 Å². The third kappa shape index (κ3) is 5.41. The summed E-state index contributed by atoms with van der Waals surface area (Å²) in [6.07, 6.45) is 2.05. The number of rotatable bonds is 8. The first-order chi connectivity index (χ1) is 16.0. The number of carboxylic acids is 1. The molecule has 4 rings (SSSR count). The number of nitrogens with zero attached hydrogens (tertiary/aromatic N) is 1. The average molecular weight is 448 g/mol. The van der Waals surface area contributed by atoms with E-state index in [1.54, 1.807) is 36.6 Å². The molecule has 0 bridgehead atoms. The summed E-state index contributed by atoms with van der Waals surface area (Å²) >= 11 is 0. The normalized spacial score (nSPS) is 15.3. The molecule has 1 saturated heterocycles. The monoisotopic (exact) mass is 448 g/mol. The number of furan rings is 1. The van der Waals surface area contributed by atoms with Gasteiger partial charge in [-0.15, -0.1) is 0 Å². The van der Waals surface area contributed by atoms with Crippen LogP contribution in [0.25, 0.3) is 11.3 Å². The van der Waals surface area contributed by atoms with Crippen LogP contribution >= 0.6 is 0 Å². The summed E-state index contributed by atoms with van der Waals surface area (Å²) in [4.78, 5) is 37.6. The van der Waals surface area contributed by atoms with Gasteiger partial charge in [0.2, 0.25) is 0 Å². The zero-order valence-electron chi connectivity index (χ0n) is 17.9. The highest BCUT2D eigenvalue weighted by atomic mass is 16.5. The van der Waals surface area contributed by atoms with E-state index < -0.39 is 11.9 Å². The summed E-state index contributed by atoms with van der Waals surface area (Å²) in [5.74, 6) is -0.673. The first-order valence-corrected chi connectivity index (χ1v) is 10.6. The summed E-state index contributed by atoms with van der Waals surface area (Å²) < 4.78 is 11.1. The standard InChI is InChI=1S/C25H24N2O6/c28-23(27-12-11-20(15-27)25(30)31)16-33-22-5-2-1-4-19(22)14-26-24(29)18-9-7-17(8-10-18)21-6-3-13-32-21/h1-10,13,20H,11-12,14-16H2,(H,26,29)(H,30,31). The minimum atomic E-state index is -0.886. The number of para-hydroxylation sites is 1. The molecule has 1 atom stereocenters. The number of ether oxygens (including phenoxy) is 1. The lowest BCUT2D eigenvalue weighted by molar-refractivity contribution is -0.141. The summed E-state index contributed by atoms with van der Waals surface area (Å²) in [6, 6.07) is 17.9. The Balaban J connectivity index is 1.31. The van der Waals surface area contributed by atoms with Crippen LogP contribution < -0.4 is 10.1 Å². The lowest BCUT2D eigenvalue weighted by atomic mass is 10.1. The van der Waals surface area contributed by atoms with E-state index in [-0.39, 0.29) is 31.5 Å². The second-order valence-electron chi connectivity index (χ2n) is 7.80. The highest BCUT2D eigenvalue weighted by Crippen LogP contribution is 2.21. The largest absolute Gasteiger partial charge is 0.483 e. The second-order valence-corrected chi connectivity index (χ2v) is 7.80. The number of carbonyl (C=O) groups is 3. The van der Waals surface area contributed by atoms with Crippen LogP contribution in [0.15, 0.2) is 71.3 Å². The molecule has 2 N–H and O–H groups in total. The lowest BCUT2D eigenvalue weighted by Crippen LogP contribution is -2.34. The fourth-order valence-electron chi connectivity index (χ4n) is 3.72. The molecule has 8 nitrogen and oxygen atoms in total. The number of nitrogens with one attached hydrogen (secondary N) is 1. The molecule has 2 heterocycles. The molecule has 1 aromatic heterocycles. The molecule has 3 aromatic rings. The minimum absolute atomic E-state index is 0.189. The number of aliphatic carboxylic acids is 1. The van der Waals surface area contributed by atoms with Gasteiger partial charge >= 0.3 is 5.97 Å².